The van der Waals surface area contributed by atoms with Gasteiger partial charge in [-0.1, -0.05) is 31.4 Å². The lowest BCUT2D eigenvalue weighted by molar-refractivity contribution is 0.0940. The number of fused-ring (bicyclic) bond motifs is 1. The van der Waals surface area contributed by atoms with Crippen molar-refractivity contribution in [3.63, 3.8) is 0 Å². The van der Waals surface area contributed by atoms with Crippen molar-refractivity contribution in [2.45, 2.75) is 85.2 Å². The third-order valence-corrected chi connectivity index (χ3v) is 6.97. The zero-order chi connectivity index (χ0) is 22.1. The van der Waals surface area contributed by atoms with Crippen LogP contribution in [0.15, 0.2) is 30.3 Å². The first-order valence-corrected chi connectivity index (χ1v) is 11.7. The third kappa shape index (κ3) is 4.53. The maximum absolute atomic E-state index is 12.9. The van der Waals surface area contributed by atoms with Crippen LogP contribution in [-0.2, 0) is 6.42 Å². The number of aromatic nitrogens is 2. The summed E-state index contributed by atoms with van der Waals surface area (Å²) in [6, 6.07) is 11.0. The van der Waals surface area contributed by atoms with Gasteiger partial charge in [0.15, 0.2) is 0 Å². The number of amides is 1. The van der Waals surface area contributed by atoms with Crippen molar-refractivity contribution >= 4 is 16.9 Å². The van der Waals surface area contributed by atoms with Crippen LogP contribution in [0.2, 0.25) is 0 Å². The number of hydrogen-bond donors (Lipinski definition) is 1. The van der Waals surface area contributed by atoms with Crippen molar-refractivity contribution in [2.24, 2.45) is 0 Å². The summed E-state index contributed by atoms with van der Waals surface area (Å²) in [6.45, 7) is 10.6. The van der Waals surface area contributed by atoms with E-state index in [1.807, 2.05) is 12.1 Å². The molecule has 1 fully saturated rings. The summed E-state index contributed by atoms with van der Waals surface area (Å²) in [4.78, 5) is 17.7. The van der Waals surface area contributed by atoms with Crippen molar-refractivity contribution in [1.82, 2.24) is 14.9 Å². The molecule has 0 spiro atoms. The average molecular weight is 418 g/mol. The number of aryl methyl sites for hydroxylation is 3. The Hall–Kier alpha value is -2.62. The van der Waals surface area contributed by atoms with Crippen LogP contribution in [0, 0.1) is 27.7 Å². The minimum absolute atomic E-state index is 0.0279. The number of carbonyl (C=O) groups is 1. The molecular formula is C27H35N3O. The molecule has 0 bridgehead atoms. The second-order valence-electron chi connectivity index (χ2n) is 9.46. The van der Waals surface area contributed by atoms with Gasteiger partial charge in [-0.3, -0.25) is 4.79 Å². The quantitative estimate of drug-likeness (QED) is 0.542. The molecule has 1 unspecified atom stereocenters. The maximum Gasteiger partial charge on any atom is 0.251 e. The first kappa shape index (κ1) is 21.6. The first-order chi connectivity index (χ1) is 14.8. The molecule has 4 nitrogen and oxygen atoms in total. The second kappa shape index (κ2) is 8.86. The van der Waals surface area contributed by atoms with E-state index in [2.05, 4.69) is 62.7 Å². The zero-order valence-electron chi connectivity index (χ0n) is 19.6. The number of hydrogen-bond acceptors (Lipinski definition) is 2. The molecule has 3 aromatic rings. The lowest BCUT2D eigenvalue weighted by Gasteiger charge is -2.25. The minimum atomic E-state index is -0.0279. The number of carbonyl (C=O) groups excluding carboxylic acids is 1. The highest BCUT2D eigenvalue weighted by molar-refractivity contribution is 5.97. The maximum atomic E-state index is 12.9. The fraction of sp³-hybridized carbons (Fsp3) is 0.481. The molecule has 1 heterocycles. The fourth-order valence-corrected chi connectivity index (χ4v) is 5.12. The minimum Gasteiger partial charge on any atom is -0.349 e. The highest BCUT2D eigenvalue weighted by atomic mass is 16.1. The fourth-order valence-electron chi connectivity index (χ4n) is 5.12. The first-order valence-electron chi connectivity index (χ1n) is 11.7. The Kier molecular flexibility index (Phi) is 6.17. The van der Waals surface area contributed by atoms with E-state index >= 15 is 0 Å². The van der Waals surface area contributed by atoms with Crippen molar-refractivity contribution < 1.29 is 4.79 Å². The molecule has 4 rings (SSSR count). The Bertz CT molecular complexity index is 1080. The largest absolute Gasteiger partial charge is 0.349 e. The van der Waals surface area contributed by atoms with E-state index in [0.717, 1.165) is 23.3 Å². The van der Waals surface area contributed by atoms with Gasteiger partial charge in [-0.25, -0.2) is 4.98 Å². The normalized spacial score (nSPS) is 15.9. The highest BCUT2D eigenvalue weighted by Crippen LogP contribution is 2.32. The van der Waals surface area contributed by atoms with Crippen LogP contribution in [0.1, 0.15) is 83.5 Å². The Morgan fingerprint density at radius 1 is 1.06 bits per heavy atom. The van der Waals surface area contributed by atoms with Crippen LogP contribution < -0.4 is 5.32 Å². The molecule has 4 heteroatoms. The van der Waals surface area contributed by atoms with E-state index in [4.69, 9.17) is 4.98 Å². The number of rotatable bonds is 5. The van der Waals surface area contributed by atoms with Gasteiger partial charge in [0.2, 0.25) is 0 Å². The second-order valence-corrected chi connectivity index (χ2v) is 9.46. The molecule has 1 aromatic heterocycles. The van der Waals surface area contributed by atoms with Crippen molar-refractivity contribution in [3.05, 3.63) is 64.0 Å². The van der Waals surface area contributed by atoms with Gasteiger partial charge in [-0.05, 0) is 94.3 Å². The lowest BCUT2D eigenvalue weighted by Crippen LogP contribution is -2.34. The third-order valence-electron chi connectivity index (χ3n) is 6.97. The van der Waals surface area contributed by atoms with E-state index in [1.165, 1.54) is 54.4 Å². The summed E-state index contributed by atoms with van der Waals surface area (Å²) in [5, 5.41) is 3.17. The molecule has 0 aliphatic heterocycles. The van der Waals surface area contributed by atoms with Gasteiger partial charge in [0.05, 0.1) is 11.0 Å². The molecule has 1 amide bonds. The van der Waals surface area contributed by atoms with Gasteiger partial charge in [-0.2, -0.15) is 0 Å². The summed E-state index contributed by atoms with van der Waals surface area (Å²) in [6.07, 6.45) is 7.20. The molecule has 31 heavy (non-hydrogen) atoms. The summed E-state index contributed by atoms with van der Waals surface area (Å²) in [5.74, 6) is 1.03. The highest BCUT2D eigenvalue weighted by Gasteiger charge is 2.20. The van der Waals surface area contributed by atoms with Crippen LogP contribution in [0.4, 0.5) is 0 Å². The smallest absolute Gasteiger partial charge is 0.251 e. The SMILES string of the molecule is Cc1cc(CC(C)NC(=O)c2ccc3c(c2)nc(C)n3C2CCCCC2)cc(C)c1C. The summed E-state index contributed by atoms with van der Waals surface area (Å²) < 4.78 is 2.39. The van der Waals surface area contributed by atoms with E-state index in [0.29, 0.717) is 11.6 Å². The molecule has 0 radical (unpaired) electrons. The van der Waals surface area contributed by atoms with Crippen molar-refractivity contribution in [3.8, 4) is 0 Å². The van der Waals surface area contributed by atoms with Crippen LogP contribution >= 0.6 is 0 Å². The molecule has 0 saturated heterocycles. The van der Waals surface area contributed by atoms with Crippen LogP contribution in [0.5, 0.6) is 0 Å². The number of nitrogens with zero attached hydrogens (tertiary/aromatic N) is 2. The predicted molar refractivity (Wildman–Crippen MR) is 128 cm³/mol. The van der Waals surface area contributed by atoms with Gasteiger partial charge in [0, 0.05) is 17.6 Å². The standard InChI is InChI=1S/C27H35N3O/c1-17-13-22(14-18(2)20(17)4)15-19(3)28-27(31)23-11-12-26-25(16-23)29-21(5)30(26)24-9-7-6-8-10-24/h11-14,16,19,24H,6-10,15H2,1-5H3,(H,28,31). The van der Waals surface area contributed by atoms with Crippen molar-refractivity contribution in [2.75, 3.05) is 0 Å². The van der Waals surface area contributed by atoms with E-state index in [-0.39, 0.29) is 11.9 Å². The van der Waals surface area contributed by atoms with Gasteiger partial charge in [0.25, 0.3) is 5.91 Å². The molecule has 1 saturated carbocycles. The molecule has 1 N–H and O–H groups in total. The zero-order valence-corrected chi connectivity index (χ0v) is 19.6. The van der Waals surface area contributed by atoms with Gasteiger partial charge in [0.1, 0.15) is 5.82 Å². The number of nitrogens with one attached hydrogen (secondary N) is 1. The van der Waals surface area contributed by atoms with Crippen LogP contribution in [0.25, 0.3) is 11.0 Å². The van der Waals surface area contributed by atoms with E-state index in [1.54, 1.807) is 0 Å². The Labute approximate surface area is 186 Å². The lowest BCUT2D eigenvalue weighted by atomic mass is 9.95. The topological polar surface area (TPSA) is 46.9 Å². The van der Waals surface area contributed by atoms with E-state index in [9.17, 15) is 4.79 Å². The molecule has 1 aliphatic rings. The Morgan fingerprint density at radius 2 is 1.74 bits per heavy atom. The number of imidazole rings is 1. The molecule has 164 valence electrons. The number of benzene rings is 2. The summed E-state index contributed by atoms with van der Waals surface area (Å²) in [7, 11) is 0. The molecule has 1 aliphatic carbocycles. The van der Waals surface area contributed by atoms with E-state index < -0.39 is 0 Å². The van der Waals surface area contributed by atoms with Gasteiger partial charge in [-0.15, -0.1) is 0 Å². The molecular weight excluding hydrogens is 382 g/mol. The van der Waals surface area contributed by atoms with Crippen LogP contribution in [0.3, 0.4) is 0 Å². The van der Waals surface area contributed by atoms with Crippen LogP contribution in [-0.4, -0.2) is 21.5 Å². The van der Waals surface area contributed by atoms with Gasteiger partial charge >= 0.3 is 0 Å². The Morgan fingerprint density at radius 3 is 2.42 bits per heavy atom. The van der Waals surface area contributed by atoms with Gasteiger partial charge < -0.3 is 9.88 Å². The average Bonchev–Trinajstić information content (AvgIpc) is 3.07. The monoisotopic (exact) mass is 417 g/mol. The molecule has 2 aromatic carbocycles. The van der Waals surface area contributed by atoms with Crippen molar-refractivity contribution in [1.29, 1.82) is 0 Å². The predicted octanol–water partition coefficient (Wildman–Crippen LogP) is 6.14. The Balaban J connectivity index is 1.49. The summed E-state index contributed by atoms with van der Waals surface area (Å²) in [5.41, 5.74) is 7.99. The molecule has 1 atom stereocenters. The summed E-state index contributed by atoms with van der Waals surface area (Å²) >= 11 is 0.